The maximum absolute atomic E-state index is 8.82. The molecule has 0 heterocycles. The number of aliphatic hydroxyl groups is 1. The van der Waals surface area contributed by atoms with Crippen molar-refractivity contribution in [3.8, 4) is 0 Å². The molecular weight excluding hydrogens is 126 g/mol. The minimum Gasteiger partial charge on any atom is -0.395 e. The Bertz CT molecular complexity index is 75.7. The molecule has 0 aliphatic heterocycles. The Morgan fingerprint density at radius 3 is 2.30 bits per heavy atom. The highest BCUT2D eigenvalue weighted by Crippen LogP contribution is 1.97. The highest BCUT2D eigenvalue weighted by atomic mass is 16.3. The summed E-state index contributed by atoms with van der Waals surface area (Å²) in [6, 6.07) is 0.324. The quantitative estimate of drug-likeness (QED) is 0.626. The number of aliphatic hydroxyl groups excluding tert-OH is 1. The van der Waals surface area contributed by atoms with Gasteiger partial charge in [0.25, 0.3) is 0 Å². The summed E-state index contributed by atoms with van der Waals surface area (Å²) >= 11 is 0. The third kappa shape index (κ3) is 3.18. The molecular formula is C8H19NO. The average molecular weight is 145 g/mol. The van der Waals surface area contributed by atoms with E-state index in [0.717, 1.165) is 19.5 Å². The molecule has 0 rings (SSSR count). The number of nitrogens with zero attached hydrogens (tertiary/aromatic N) is 1. The van der Waals surface area contributed by atoms with Crippen LogP contribution < -0.4 is 0 Å². The molecule has 0 bridgehead atoms. The smallest absolute Gasteiger partial charge is 0.0584 e. The van der Waals surface area contributed by atoms with Crippen molar-refractivity contribution in [1.82, 2.24) is 4.90 Å². The van der Waals surface area contributed by atoms with Gasteiger partial charge >= 0.3 is 0 Å². The summed E-state index contributed by atoms with van der Waals surface area (Å²) < 4.78 is 0. The van der Waals surface area contributed by atoms with Gasteiger partial charge in [-0.2, -0.15) is 0 Å². The topological polar surface area (TPSA) is 23.5 Å². The molecule has 0 aliphatic rings. The molecule has 62 valence electrons. The van der Waals surface area contributed by atoms with Crippen LogP contribution in [0, 0.1) is 0 Å². The first kappa shape index (κ1) is 9.92. The molecule has 0 spiro atoms. The van der Waals surface area contributed by atoms with E-state index in [2.05, 4.69) is 25.7 Å². The van der Waals surface area contributed by atoms with Gasteiger partial charge in [0.1, 0.15) is 0 Å². The molecule has 0 saturated carbocycles. The summed E-state index contributed by atoms with van der Waals surface area (Å²) in [5, 5.41) is 8.82. The molecule has 0 unspecified atom stereocenters. The third-order valence-electron chi connectivity index (χ3n) is 1.80. The maximum atomic E-state index is 8.82. The van der Waals surface area contributed by atoms with Crippen LogP contribution in [-0.4, -0.2) is 35.7 Å². The fraction of sp³-hybridized carbons (Fsp3) is 1.00. The van der Waals surface area contributed by atoms with E-state index in [-0.39, 0.29) is 6.61 Å². The molecule has 1 N–H and O–H groups in total. The van der Waals surface area contributed by atoms with Crippen molar-refractivity contribution in [3.05, 3.63) is 0 Å². The highest BCUT2D eigenvalue weighted by Gasteiger charge is 2.07. The van der Waals surface area contributed by atoms with Gasteiger partial charge in [0.05, 0.1) is 6.61 Å². The molecule has 2 nitrogen and oxygen atoms in total. The fourth-order valence-corrected chi connectivity index (χ4v) is 1.09. The van der Waals surface area contributed by atoms with Crippen LogP contribution in [0.25, 0.3) is 0 Å². The first-order valence-electron chi connectivity index (χ1n) is 4.11. The van der Waals surface area contributed by atoms with Crippen molar-refractivity contribution in [1.29, 1.82) is 0 Å². The van der Waals surface area contributed by atoms with Gasteiger partial charge in [0.15, 0.2) is 0 Å². The molecule has 0 aromatic carbocycles. The van der Waals surface area contributed by atoms with Crippen LogP contribution in [0.5, 0.6) is 0 Å². The van der Waals surface area contributed by atoms with Gasteiger partial charge in [-0.1, -0.05) is 13.8 Å². The summed E-state index contributed by atoms with van der Waals surface area (Å²) in [5.41, 5.74) is 0. The molecule has 10 heavy (non-hydrogen) atoms. The second kappa shape index (κ2) is 5.69. The van der Waals surface area contributed by atoms with Crippen LogP contribution in [-0.2, 0) is 0 Å². The Kier molecular flexibility index (Phi) is 5.64. The minimum absolute atomic E-state index is 0.272. The van der Waals surface area contributed by atoms with Crippen molar-refractivity contribution in [2.45, 2.75) is 33.2 Å². The van der Waals surface area contributed by atoms with E-state index in [9.17, 15) is 0 Å². The lowest BCUT2D eigenvalue weighted by atomic mass is 10.3. The molecule has 0 aromatic rings. The van der Waals surface area contributed by atoms with Gasteiger partial charge in [-0.15, -0.1) is 0 Å². The van der Waals surface area contributed by atoms with Gasteiger partial charge in [-0.05, 0) is 26.4 Å². The van der Waals surface area contributed by atoms with E-state index in [1.54, 1.807) is 0 Å². The largest absolute Gasteiger partial charge is 0.395 e. The maximum Gasteiger partial charge on any atom is 0.0584 e. The first-order valence-corrected chi connectivity index (χ1v) is 4.11. The molecule has 0 aromatic heterocycles. The van der Waals surface area contributed by atoms with Gasteiger partial charge in [-0.3, -0.25) is 4.90 Å². The van der Waals surface area contributed by atoms with Crippen molar-refractivity contribution < 1.29 is 5.11 Å². The van der Waals surface area contributed by atoms with Crippen LogP contribution in [0.1, 0.15) is 27.2 Å². The Hall–Kier alpha value is -0.0800. The van der Waals surface area contributed by atoms with Gasteiger partial charge < -0.3 is 5.11 Å². The Morgan fingerprint density at radius 1 is 1.40 bits per heavy atom. The lowest BCUT2D eigenvalue weighted by Gasteiger charge is -2.25. The van der Waals surface area contributed by atoms with Gasteiger partial charge in [0.2, 0.25) is 0 Å². The predicted molar refractivity (Wildman–Crippen MR) is 44.1 cm³/mol. The minimum atomic E-state index is 0.272. The standard InChI is InChI=1S/C8H19NO/c1-4-6-9(5-2)8(3)7-10/h8,10H,4-7H2,1-3H3/t8-/m0/s1. The molecule has 1 atom stereocenters. The normalized spacial score (nSPS) is 14.1. The highest BCUT2D eigenvalue weighted by molar-refractivity contribution is 4.62. The summed E-state index contributed by atoms with van der Waals surface area (Å²) in [6.07, 6.45) is 1.16. The van der Waals surface area contributed by atoms with Crippen LogP contribution >= 0.6 is 0 Å². The predicted octanol–water partition coefficient (Wildman–Crippen LogP) is 1.10. The van der Waals surface area contributed by atoms with Crippen LogP contribution in [0.2, 0.25) is 0 Å². The van der Waals surface area contributed by atoms with Crippen molar-refractivity contribution in [2.24, 2.45) is 0 Å². The van der Waals surface area contributed by atoms with Crippen molar-refractivity contribution in [3.63, 3.8) is 0 Å². The second-order valence-electron chi connectivity index (χ2n) is 2.66. The zero-order valence-corrected chi connectivity index (χ0v) is 7.30. The molecule has 0 fully saturated rings. The number of rotatable bonds is 5. The number of hydrogen-bond acceptors (Lipinski definition) is 2. The molecule has 0 radical (unpaired) electrons. The second-order valence-corrected chi connectivity index (χ2v) is 2.66. The van der Waals surface area contributed by atoms with E-state index in [1.807, 2.05) is 0 Å². The lowest BCUT2D eigenvalue weighted by Crippen LogP contribution is -2.35. The summed E-state index contributed by atoms with van der Waals surface area (Å²) in [5.74, 6) is 0. The van der Waals surface area contributed by atoms with Crippen LogP contribution in [0.4, 0.5) is 0 Å². The molecule has 0 aliphatic carbocycles. The van der Waals surface area contributed by atoms with Gasteiger partial charge in [-0.25, -0.2) is 0 Å². The van der Waals surface area contributed by atoms with E-state index in [1.165, 1.54) is 0 Å². The van der Waals surface area contributed by atoms with Crippen molar-refractivity contribution in [2.75, 3.05) is 19.7 Å². The average Bonchev–Trinajstić information content (AvgIpc) is 1.99. The van der Waals surface area contributed by atoms with Crippen LogP contribution in [0.15, 0.2) is 0 Å². The SMILES string of the molecule is CCCN(CC)[C@@H](C)CO. The van der Waals surface area contributed by atoms with Crippen LogP contribution in [0.3, 0.4) is 0 Å². The van der Waals surface area contributed by atoms with E-state index in [0.29, 0.717) is 6.04 Å². The van der Waals surface area contributed by atoms with E-state index < -0.39 is 0 Å². The summed E-state index contributed by atoms with van der Waals surface area (Å²) in [4.78, 5) is 2.28. The lowest BCUT2D eigenvalue weighted by molar-refractivity contribution is 0.140. The molecule has 2 heteroatoms. The number of hydrogen-bond donors (Lipinski definition) is 1. The zero-order chi connectivity index (χ0) is 7.98. The number of likely N-dealkylation sites (N-methyl/N-ethyl adjacent to an activating group) is 1. The monoisotopic (exact) mass is 145 g/mol. The Morgan fingerprint density at radius 2 is 2.00 bits per heavy atom. The van der Waals surface area contributed by atoms with E-state index in [4.69, 9.17) is 5.11 Å². The van der Waals surface area contributed by atoms with Crippen molar-refractivity contribution >= 4 is 0 Å². The Balaban J connectivity index is 3.56. The summed E-state index contributed by atoms with van der Waals surface area (Å²) in [6.45, 7) is 8.75. The Labute approximate surface area is 63.8 Å². The zero-order valence-electron chi connectivity index (χ0n) is 7.30. The van der Waals surface area contributed by atoms with Gasteiger partial charge in [0, 0.05) is 6.04 Å². The first-order chi connectivity index (χ1) is 4.76. The summed E-state index contributed by atoms with van der Waals surface area (Å²) in [7, 11) is 0. The fourth-order valence-electron chi connectivity index (χ4n) is 1.09. The van der Waals surface area contributed by atoms with E-state index >= 15 is 0 Å². The molecule has 0 amide bonds. The molecule has 0 saturated heterocycles. The third-order valence-corrected chi connectivity index (χ3v) is 1.80.